The summed E-state index contributed by atoms with van der Waals surface area (Å²) >= 11 is 8.98. The van der Waals surface area contributed by atoms with Gasteiger partial charge in [0.05, 0.1) is 6.10 Å². The SMILES string of the molecule is OC(CCBr)C(O)c1cccc(Cl)c1. The Morgan fingerprint density at radius 1 is 1.36 bits per heavy atom. The highest BCUT2D eigenvalue weighted by Gasteiger charge is 2.17. The lowest BCUT2D eigenvalue weighted by molar-refractivity contribution is 0.0174. The molecule has 0 fully saturated rings. The van der Waals surface area contributed by atoms with Crippen molar-refractivity contribution in [1.29, 1.82) is 0 Å². The average molecular weight is 280 g/mol. The van der Waals surface area contributed by atoms with Crippen molar-refractivity contribution in [2.24, 2.45) is 0 Å². The van der Waals surface area contributed by atoms with Gasteiger partial charge in [-0.15, -0.1) is 0 Å². The van der Waals surface area contributed by atoms with Gasteiger partial charge in [0, 0.05) is 10.4 Å². The molecule has 2 unspecified atom stereocenters. The molecule has 0 amide bonds. The maximum Gasteiger partial charge on any atom is 0.105 e. The fraction of sp³-hybridized carbons (Fsp3) is 0.400. The zero-order valence-corrected chi connectivity index (χ0v) is 9.87. The smallest absolute Gasteiger partial charge is 0.105 e. The summed E-state index contributed by atoms with van der Waals surface area (Å²) < 4.78 is 0. The topological polar surface area (TPSA) is 40.5 Å². The first-order valence-corrected chi connectivity index (χ1v) is 5.82. The number of halogens is 2. The molecule has 2 atom stereocenters. The van der Waals surface area contributed by atoms with Crippen molar-refractivity contribution in [2.45, 2.75) is 18.6 Å². The van der Waals surface area contributed by atoms with Crippen molar-refractivity contribution in [3.63, 3.8) is 0 Å². The molecule has 1 aromatic rings. The normalized spacial score (nSPS) is 15.1. The van der Waals surface area contributed by atoms with E-state index in [9.17, 15) is 10.2 Å². The molecule has 14 heavy (non-hydrogen) atoms. The Morgan fingerprint density at radius 2 is 2.07 bits per heavy atom. The van der Waals surface area contributed by atoms with E-state index < -0.39 is 12.2 Å². The van der Waals surface area contributed by atoms with Crippen LogP contribution in [0.25, 0.3) is 0 Å². The summed E-state index contributed by atoms with van der Waals surface area (Å²) in [6.45, 7) is 0. The maximum absolute atomic E-state index is 9.72. The van der Waals surface area contributed by atoms with Crippen molar-refractivity contribution in [3.05, 3.63) is 34.9 Å². The largest absolute Gasteiger partial charge is 0.390 e. The van der Waals surface area contributed by atoms with Crippen molar-refractivity contribution < 1.29 is 10.2 Å². The van der Waals surface area contributed by atoms with E-state index in [1.165, 1.54) is 0 Å². The maximum atomic E-state index is 9.72. The molecule has 4 heteroatoms. The van der Waals surface area contributed by atoms with Gasteiger partial charge in [-0.25, -0.2) is 0 Å². The first-order valence-electron chi connectivity index (χ1n) is 4.32. The summed E-state index contributed by atoms with van der Waals surface area (Å²) in [7, 11) is 0. The number of benzene rings is 1. The van der Waals surface area contributed by atoms with Crippen LogP contribution in [0.2, 0.25) is 5.02 Å². The molecule has 78 valence electrons. The van der Waals surface area contributed by atoms with Crippen LogP contribution >= 0.6 is 27.5 Å². The quantitative estimate of drug-likeness (QED) is 0.832. The number of hydrogen-bond donors (Lipinski definition) is 2. The Labute approximate surface area is 96.7 Å². The molecule has 0 aliphatic rings. The molecular formula is C10H12BrClO2. The first kappa shape index (κ1) is 12.0. The van der Waals surface area contributed by atoms with Crippen molar-refractivity contribution in [3.8, 4) is 0 Å². The Kier molecular flexibility index (Phi) is 4.89. The van der Waals surface area contributed by atoms with Crippen LogP contribution in [0.5, 0.6) is 0 Å². The van der Waals surface area contributed by atoms with Crippen molar-refractivity contribution in [1.82, 2.24) is 0 Å². The van der Waals surface area contributed by atoms with Crippen LogP contribution in [0.4, 0.5) is 0 Å². The van der Waals surface area contributed by atoms with E-state index in [4.69, 9.17) is 11.6 Å². The van der Waals surface area contributed by atoms with Gasteiger partial charge in [-0.1, -0.05) is 39.7 Å². The number of alkyl halides is 1. The Morgan fingerprint density at radius 3 is 2.64 bits per heavy atom. The third kappa shape index (κ3) is 3.24. The number of aliphatic hydroxyl groups excluding tert-OH is 2. The molecule has 0 spiro atoms. The molecular weight excluding hydrogens is 267 g/mol. The van der Waals surface area contributed by atoms with Gasteiger partial charge in [0.2, 0.25) is 0 Å². The minimum atomic E-state index is -0.869. The van der Waals surface area contributed by atoms with E-state index in [0.29, 0.717) is 22.3 Å². The van der Waals surface area contributed by atoms with E-state index in [2.05, 4.69) is 15.9 Å². The Bertz CT molecular complexity index is 293. The molecule has 1 aromatic carbocycles. The van der Waals surface area contributed by atoms with Gasteiger partial charge in [-0.05, 0) is 24.1 Å². The van der Waals surface area contributed by atoms with Gasteiger partial charge in [-0.2, -0.15) is 0 Å². The van der Waals surface area contributed by atoms with Gasteiger partial charge in [0.25, 0.3) is 0 Å². The van der Waals surface area contributed by atoms with Crippen molar-refractivity contribution in [2.75, 3.05) is 5.33 Å². The van der Waals surface area contributed by atoms with Crippen LogP contribution in [-0.4, -0.2) is 21.6 Å². The molecule has 1 rings (SSSR count). The highest BCUT2D eigenvalue weighted by molar-refractivity contribution is 9.09. The van der Waals surface area contributed by atoms with E-state index >= 15 is 0 Å². The number of rotatable bonds is 4. The summed E-state index contributed by atoms with van der Waals surface area (Å²) in [4.78, 5) is 0. The summed E-state index contributed by atoms with van der Waals surface area (Å²) in [5.41, 5.74) is 0.644. The zero-order chi connectivity index (χ0) is 10.6. The van der Waals surface area contributed by atoms with Crippen LogP contribution in [0.3, 0.4) is 0 Å². The fourth-order valence-electron chi connectivity index (χ4n) is 1.18. The van der Waals surface area contributed by atoms with Crippen LogP contribution in [-0.2, 0) is 0 Å². The molecule has 0 aliphatic heterocycles. The Hall–Kier alpha value is -0.0900. The second-order valence-corrected chi connectivity index (χ2v) is 4.27. The lowest BCUT2D eigenvalue weighted by Crippen LogP contribution is -2.18. The molecule has 0 aliphatic carbocycles. The van der Waals surface area contributed by atoms with Crippen molar-refractivity contribution >= 4 is 27.5 Å². The minimum absolute atomic E-state index is 0.508. The highest BCUT2D eigenvalue weighted by Crippen LogP contribution is 2.22. The van der Waals surface area contributed by atoms with E-state index in [1.807, 2.05) is 0 Å². The number of hydrogen-bond acceptors (Lipinski definition) is 2. The number of aliphatic hydroxyl groups is 2. The second-order valence-electron chi connectivity index (χ2n) is 3.04. The highest BCUT2D eigenvalue weighted by atomic mass is 79.9. The first-order chi connectivity index (χ1) is 6.65. The summed E-state index contributed by atoms with van der Waals surface area (Å²) in [5, 5.41) is 20.5. The molecule has 0 bridgehead atoms. The molecule has 0 heterocycles. The van der Waals surface area contributed by atoms with Gasteiger partial charge in [0.15, 0.2) is 0 Å². The summed E-state index contributed by atoms with van der Waals surface area (Å²) in [5.74, 6) is 0. The third-order valence-electron chi connectivity index (χ3n) is 1.96. The standard InChI is InChI=1S/C10H12BrClO2/c11-5-4-9(13)10(14)7-2-1-3-8(12)6-7/h1-3,6,9-10,13-14H,4-5H2. The van der Waals surface area contributed by atoms with E-state index in [0.717, 1.165) is 0 Å². The van der Waals surface area contributed by atoms with Crippen LogP contribution in [0.15, 0.2) is 24.3 Å². The lowest BCUT2D eigenvalue weighted by atomic mass is 10.0. The van der Waals surface area contributed by atoms with E-state index in [-0.39, 0.29) is 0 Å². The zero-order valence-electron chi connectivity index (χ0n) is 7.53. The Balaban J connectivity index is 2.73. The molecule has 0 saturated carbocycles. The lowest BCUT2D eigenvalue weighted by Gasteiger charge is -2.17. The van der Waals surface area contributed by atoms with Gasteiger partial charge in [0.1, 0.15) is 6.10 Å². The minimum Gasteiger partial charge on any atom is -0.390 e. The molecule has 0 saturated heterocycles. The van der Waals surface area contributed by atoms with Gasteiger partial charge < -0.3 is 10.2 Å². The average Bonchev–Trinajstić information content (AvgIpc) is 2.17. The van der Waals surface area contributed by atoms with Gasteiger partial charge in [-0.3, -0.25) is 0 Å². The van der Waals surface area contributed by atoms with E-state index in [1.54, 1.807) is 24.3 Å². The second kappa shape index (κ2) is 5.71. The molecule has 2 nitrogen and oxygen atoms in total. The molecule has 0 radical (unpaired) electrons. The molecule has 0 aromatic heterocycles. The molecule has 2 N–H and O–H groups in total. The predicted molar refractivity (Wildman–Crippen MR) is 60.8 cm³/mol. The predicted octanol–water partition coefficient (Wildman–Crippen LogP) is 2.52. The van der Waals surface area contributed by atoms with Crippen LogP contribution in [0.1, 0.15) is 18.1 Å². The summed E-state index contributed by atoms with van der Waals surface area (Å²) in [6, 6.07) is 6.88. The monoisotopic (exact) mass is 278 g/mol. The summed E-state index contributed by atoms with van der Waals surface area (Å²) in [6.07, 6.45) is -1.12. The fourth-order valence-corrected chi connectivity index (χ4v) is 1.85. The third-order valence-corrected chi connectivity index (χ3v) is 2.65. The van der Waals surface area contributed by atoms with Crippen LogP contribution < -0.4 is 0 Å². The van der Waals surface area contributed by atoms with Gasteiger partial charge >= 0.3 is 0 Å². The van der Waals surface area contributed by atoms with Crippen LogP contribution in [0, 0.1) is 0 Å².